The van der Waals surface area contributed by atoms with Gasteiger partial charge in [-0.05, 0) is 66.6 Å². The van der Waals surface area contributed by atoms with Crippen LogP contribution in [0, 0.1) is 5.92 Å². The molecule has 2 heterocycles. The number of hydrogen-bond acceptors (Lipinski definition) is 5. The molecule has 0 aliphatic carbocycles. The molecule has 0 amide bonds. The third kappa shape index (κ3) is 3.88. The van der Waals surface area contributed by atoms with Gasteiger partial charge in [-0.25, -0.2) is 0 Å². The first-order valence-electron chi connectivity index (χ1n) is 9.58. The molecular weight excluding hydrogens is 382 g/mol. The first kappa shape index (κ1) is 19.6. The second-order valence-corrected chi connectivity index (χ2v) is 9.28. The van der Waals surface area contributed by atoms with E-state index in [4.69, 9.17) is 5.10 Å². The molecule has 2 aliphatic rings. The summed E-state index contributed by atoms with van der Waals surface area (Å²) in [4.78, 5) is 5.03. The lowest BCUT2D eigenvalue weighted by molar-refractivity contribution is 0.211. The summed E-state index contributed by atoms with van der Waals surface area (Å²) in [6, 6.07) is 18.1. The molecule has 2 aromatic carbocycles. The molecule has 0 N–H and O–H groups in total. The number of nitrogens with zero attached hydrogens (tertiary/aromatic N) is 3. The Morgan fingerprint density at radius 2 is 1.54 bits per heavy atom. The fraction of sp³-hybridized carbons (Fsp3) is 0.348. The molecule has 0 radical (unpaired) electrons. The number of benzene rings is 2. The topological polar surface area (TPSA) is 18.8 Å². The first-order chi connectivity index (χ1) is 13.6. The van der Waals surface area contributed by atoms with E-state index in [-0.39, 0.29) is 0 Å². The Balaban J connectivity index is 1.64. The zero-order chi connectivity index (χ0) is 19.7. The molecular formula is C23H27N3S2. The minimum Gasteiger partial charge on any atom is -0.301 e. The van der Waals surface area contributed by atoms with E-state index in [0.29, 0.717) is 12.0 Å². The lowest BCUT2D eigenvalue weighted by Gasteiger charge is -2.34. The van der Waals surface area contributed by atoms with Crippen LogP contribution in [0.1, 0.15) is 17.2 Å². The van der Waals surface area contributed by atoms with Gasteiger partial charge in [-0.2, -0.15) is 5.10 Å². The molecule has 0 saturated carbocycles. The molecule has 0 bridgehead atoms. The summed E-state index contributed by atoms with van der Waals surface area (Å²) in [5.74, 6) is 0.403. The molecule has 2 unspecified atom stereocenters. The van der Waals surface area contributed by atoms with Gasteiger partial charge in [-0.3, -0.25) is 5.01 Å². The fourth-order valence-corrected chi connectivity index (χ4v) is 5.06. The number of likely N-dealkylation sites (tertiary alicyclic amines) is 1. The van der Waals surface area contributed by atoms with E-state index in [0.717, 1.165) is 13.1 Å². The molecule has 2 aromatic rings. The number of thioether (sulfide) groups is 2. The summed E-state index contributed by atoms with van der Waals surface area (Å²) in [5, 5.41) is 7.17. The third-order valence-electron chi connectivity index (χ3n) is 5.59. The van der Waals surface area contributed by atoms with Crippen molar-refractivity contribution in [3.05, 3.63) is 65.2 Å². The average Bonchev–Trinajstić information content (AvgIpc) is 3.04. The molecule has 1 saturated heterocycles. The van der Waals surface area contributed by atoms with Crippen molar-refractivity contribution in [3.8, 4) is 0 Å². The predicted molar refractivity (Wildman–Crippen MR) is 123 cm³/mol. The minimum absolute atomic E-state index is 0.302. The summed E-state index contributed by atoms with van der Waals surface area (Å²) in [7, 11) is 4.33. The smallest absolute Gasteiger partial charge is 0.0813 e. The van der Waals surface area contributed by atoms with Gasteiger partial charge in [0.2, 0.25) is 0 Å². The summed E-state index contributed by atoms with van der Waals surface area (Å²) in [5.41, 5.74) is 5.20. The van der Waals surface area contributed by atoms with Crippen molar-refractivity contribution in [3.63, 3.8) is 0 Å². The lowest BCUT2D eigenvalue weighted by Crippen LogP contribution is -2.41. The Hall–Kier alpha value is -1.69. The molecule has 3 nitrogen and oxygen atoms in total. The number of hydrazone groups is 1. The Morgan fingerprint density at radius 3 is 2.14 bits per heavy atom. The largest absolute Gasteiger partial charge is 0.301 e. The quantitative estimate of drug-likeness (QED) is 0.653. The molecule has 2 atom stereocenters. The predicted octanol–water partition coefficient (Wildman–Crippen LogP) is 5.12. The van der Waals surface area contributed by atoms with Crippen molar-refractivity contribution >= 4 is 35.3 Å². The van der Waals surface area contributed by atoms with E-state index in [1.54, 1.807) is 23.5 Å². The Morgan fingerprint density at radius 1 is 0.929 bits per heavy atom. The van der Waals surface area contributed by atoms with Crippen LogP contribution in [0.5, 0.6) is 0 Å². The molecule has 4 rings (SSSR count). The molecule has 28 heavy (non-hydrogen) atoms. The van der Waals surface area contributed by atoms with Crippen molar-refractivity contribution in [1.29, 1.82) is 0 Å². The highest BCUT2D eigenvalue weighted by molar-refractivity contribution is 7.98. The maximum absolute atomic E-state index is 5.00. The summed E-state index contributed by atoms with van der Waals surface area (Å²) in [6.45, 7) is 1.99. The van der Waals surface area contributed by atoms with Gasteiger partial charge in [0.05, 0.1) is 11.8 Å². The maximum atomic E-state index is 5.00. The van der Waals surface area contributed by atoms with Gasteiger partial charge in [0.25, 0.3) is 0 Å². The van der Waals surface area contributed by atoms with E-state index in [9.17, 15) is 0 Å². The number of fused-ring (bicyclic) bond motifs is 1. The van der Waals surface area contributed by atoms with E-state index in [1.165, 1.54) is 32.2 Å². The highest BCUT2D eigenvalue weighted by Gasteiger charge is 2.41. The van der Waals surface area contributed by atoms with Gasteiger partial charge < -0.3 is 4.90 Å². The zero-order valence-corrected chi connectivity index (χ0v) is 18.6. The molecule has 0 spiro atoms. The van der Waals surface area contributed by atoms with Crippen LogP contribution in [0.25, 0.3) is 6.08 Å². The number of rotatable bonds is 4. The fourth-order valence-electron chi connectivity index (χ4n) is 4.25. The second kappa shape index (κ2) is 8.36. The van der Waals surface area contributed by atoms with Crippen molar-refractivity contribution in [2.24, 2.45) is 11.0 Å². The summed E-state index contributed by atoms with van der Waals surface area (Å²) in [6.07, 6.45) is 6.55. The van der Waals surface area contributed by atoms with Crippen LogP contribution in [-0.2, 0) is 0 Å². The highest BCUT2D eigenvalue weighted by atomic mass is 32.2. The van der Waals surface area contributed by atoms with Crippen LogP contribution >= 0.6 is 23.5 Å². The van der Waals surface area contributed by atoms with Gasteiger partial charge in [0, 0.05) is 35.8 Å². The van der Waals surface area contributed by atoms with Gasteiger partial charge >= 0.3 is 0 Å². The first-order valence-corrected chi connectivity index (χ1v) is 12.0. The Kier molecular flexibility index (Phi) is 5.85. The van der Waals surface area contributed by atoms with Crippen LogP contribution < -0.4 is 0 Å². The molecule has 0 aromatic heterocycles. The molecule has 146 valence electrons. The number of hydrogen-bond donors (Lipinski definition) is 0. The van der Waals surface area contributed by atoms with E-state index in [1.807, 2.05) is 0 Å². The Bertz CT molecular complexity index is 887. The third-order valence-corrected chi connectivity index (χ3v) is 7.08. The van der Waals surface area contributed by atoms with Crippen molar-refractivity contribution in [2.75, 3.05) is 39.7 Å². The van der Waals surface area contributed by atoms with Crippen LogP contribution in [0.15, 0.2) is 69.0 Å². The van der Waals surface area contributed by atoms with Crippen LogP contribution in [0.2, 0.25) is 0 Å². The van der Waals surface area contributed by atoms with Gasteiger partial charge in [0.15, 0.2) is 0 Å². The zero-order valence-electron chi connectivity index (χ0n) is 16.9. The van der Waals surface area contributed by atoms with Crippen molar-refractivity contribution < 1.29 is 0 Å². The maximum Gasteiger partial charge on any atom is 0.0813 e. The van der Waals surface area contributed by atoms with Gasteiger partial charge in [-0.15, -0.1) is 23.5 Å². The lowest BCUT2D eigenvalue weighted by atomic mass is 9.83. The molecule has 5 heteroatoms. The van der Waals surface area contributed by atoms with E-state index in [2.05, 4.69) is 91.1 Å². The number of piperidine rings is 1. The van der Waals surface area contributed by atoms with E-state index < -0.39 is 0 Å². The van der Waals surface area contributed by atoms with Crippen molar-refractivity contribution in [1.82, 2.24) is 9.91 Å². The van der Waals surface area contributed by atoms with Gasteiger partial charge in [-0.1, -0.05) is 24.3 Å². The standard InChI is InChI=1S/C23H27N3S2/c1-25-14-18(13-16-5-9-19(27-3)10-6-16)22-21(15-25)23(26(2)24-22)17-7-11-20(28-4)12-8-17/h5-13,21,23H,14-15H2,1-4H3/b18-13+. The molecule has 2 aliphatic heterocycles. The monoisotopic (exact) mass is 409 g/mol. The van der Waals surface area contributed by atoms with Crippen LogP contribution in [-0.4, -0.2) is 55.3 Å². The molecule has 1 fully saturated rings. The Labute approximate surface area is 176 Å². The van der Waals surface area contributed by atoms with Crippen LogP contribution in [0.4, 0.5) is 0 Å². The normalized spacial score (nSPS) is 23.8. The van der Waals surface area contributed by atoms with Crippen molar-refractivity contribution in [2.45, 2.75) is 15.8 Å². The van der Waals surface area contributed by atoms with Gasteiger partial charge in [0.1, 0.15) is 0 Å². The average molecular weight is 410 g/mol. The SMILES string of the molecule is CSc1ccc(/C=C2\CN(C)CC3C2=NN(C)C3c2ccc(SC)cc2)cc1. The minimum atomic E-state index is 0.302. The van der Waals surface area contributed by atoms with Crippen LogP contribution in [0.3, 0.4) is 0 Å². The second-order valence-electron chi connectivity index (χ2n) is 7.52. The highest BCUT2D eigenvalue weighted by Crippen LogP contribution is 2.40. The summed E-state index contributed by atoms with van der Waals surface area (Å²) >= 11 is 3.57. The van der Waals surface area contributed by atoms with E-state index >= 15 is 0 Å². The number of likely N-dealkylation sites (N-methyl/N-ethyl adjacent to an activating group) is 1. The summed E-state index contributed by atoms with van der Waals surface area (Å²) < 4.78 is 0.